The fraction of sp³-hybridized carbons (Fsp3) is 0.190. The summed E-state index contributed by atoms with van der Waals surface area (Å²) in [5.74, 6) is -0.255. The van der Waals surface area contributed by atoms with Crippen molar-refractivity contribution >= 4 is 45.8 Å². The Hall–Kier alpha value is -2.63. The zero-order chi connectivity index (χ0) is 19.7. The predicted molar refractivity (Wildman–Crippen MR) is 110 cm³/mol. The molecule has 0 atom stereocenters. The molecule has 1 fully saturated rings. The van der Waals surface area contributed by atoms with E-state index in [4.69, 9.17) is 23.2 Å². The van der Waals surface area contributed by atoms with E-state index in [0.717, 1.165) is 10.8 Å². The summed E-state index contributed by atoms with van der Waals surface area (Å²) >= 11 is 12.0. The molecule has 2 aromatic carbocycles. The highest BCUT2D eigenvalue weighted by atomic mass is 35.5. The molecule has 1 aliphatic rings. The number of rotatable bonds is 2. The maximum absolute atomic E-state index is 13.0. The number of carbonyl (C=O) groups excluding carboxylic acids is 2. The Balaban J connectivity index is 1.48. The first kappa shape index (κ1) is 18.7. The van der Waals surface area contributed by atoms with Crippen LogP contribution in [0, 0.1) is 0 Å². The summed E-state index contributed by atoms with van der Waals surface area (Å²) in [5, 5.41) is 2.66. The minimum absolute atomic E-state index is 0.116. The first-order chi connectivity index (χ1) is 13.5. The average Bonchev–Trinajstić information content (AvgIpc) is 2.71. The van der Waals surface area contributed by atoms with Crippen LogP contribution in [0.25, 0.3) is 10.8 Å². The number of pyridine rings is 1. The Labute approximate surface area is 172 Å². The smallest absolute Gasteiger partial charge is 0.273 e. The van der Waals surface area contributed by atoms with Crippen LogP contribution in [0.3, 0.4) is 0 Å². The topological polar surface area (TPSA) is 53.5 Å². The number of nitrogens with zero attached hydrogens (tertiary/aromatic N) is 3. The predicted octanol–water partition coefficient (Wildman–Crippen LogP) is 4.14. The highest BCUT2D eigenvalue weighted by Crippen LogP contribution is 2.22. The quantitative estimate of drug-likeness (QED) is 0.634. The average molecular weight is 414 g/mol. The molecule has 1 aliphatic heterocycles. The fourth-order valence-electron chi connectivity index (χ4n) is 3.41. The molecule has 2 amide bonds. The zero-order valence-electron chi connectivity index (χ0n) is 14.9. The van der Waals surface area contributed by atoms with Gasteiger partial charge in [-0.3, -0.25) is 14.6 Å². The molecule has 2 heterocycles. The van der Waals surface area contributed by atoms with E-state index in [1.165, 1.54) is 0 Å². The van der Waals surface area contributed by atoms with Crippen LogP contribution in [0.4, 0.5) is 0 Å². The van der Waals surface area contributed by atoms with E-state index in [9.17, 15) is 9.59 Å². The number of benzene rings is 2. The monoisotopic (exact) mass is 413 g/mol. The van der Waals surface area contributed by atoms with E-state index in [2.05, 4.69) is 4.98 Å². The van der Waals surface area contributed by atoms with E-state index in [1.807, 2.05) is 30.3 Å². The van der Waals surface area contributed by atoms with Gasteiger partial charge in [-0.15, -0.1) is 0 Å². The molecule has 1 saturated heterocycles. The van der Waals surface area contributed by atoms with Crippen molar-refractivity contribution in [1.82, 2.24) is 14.8 Å². The number of fused-ring (bicyclic) bond motifs is 1. The fourth-order valence-corrected chi connectivity index (χ4v) is 3.94. The summed E-state index contributed by atoms with van der Waals surface area (Å²) in [4.78, 5) is 33.4. The summed E-state index contributed by atoms with van der Waals surface area (Å²) in [5.41, 5.74) is 0.896. The number of halogens is 2. The molecule has 1 aromatic heterocycles. The minimum atomic E-state index is -0.139. The van der Waals surface area contributed by atoms with Crippen LogP contribution in [-0.2, 0) is 0 Å². The summed E-state index contributed by atoms with van der Waals surface area (Å²) in [6.45, 7) is 1.78. The lowest BCUT2D eigenvalue weighted by molar-refractivity contribution is 0.0533. The molecule has 142 valence electrons. The molecule has 0 aliphatic carbocycles. The van der Waals surface area contributed by atoms with E-state index >= 15 is 0 Å². The van der Waals surface area contributed by atoms with Gasteiger partial charge in [0.1, 0.15) is 5.69 Å². The van der Waals surface area contributed by atoms with Gasteiger partial charge in [0.05, 0.1) is 0 Å². The molecule has 0 radical (unpaired) electrons. The van der Waals surface area contributed by atoms with Crippen molar-refractivity contribution in [3.8, 4) is 0 Å². The van der Waals surface area contributed by atoms with Gasteiger partial charge in [0.25, 0.3) is 11.8 Å². The maximum Gasteiger partial charge on any atom is 0.273 e. The van der Waals surface area contributed by atoms with Crippen molar-refractivity contribution in [2.75, 3.05) is 26.2 Å². The zero-order valence-corrected chi connectivity index (χ0v) is 16.5. The molecule has 28 heavy (non-hydrogen) atoms. The number of hydrogen-bond acceptors (Lipinski definition) is 3. The van der Waals surface area contributed by atoms with Crippen LogP contribution in [-0.4, -0.2) is 52.8 Å². The standard InChI is InChI=1S/C21H17Cl2N3O2/c22-16-11-15(12-17(23)13-16)20(27)25-7-9-26(10-8-25)21(28)19-18-4-2-1-3-14(18)5-6-24-19/h1-6,11-13H,7-10H2. The van der Waals surface area contributed by atoms with E-state index in [1.54, 1.807) is 34.2 Å². The third kappa shape index (κ3) is 3.68. The number of hydrogen-bond donors (Lipinski definition) is 0. The first-order valence-electron chi connectivity index (χ1n) is 8.91. The van der Waals surface area contributed by atoms with Gasteiger partial charge in [-0.25, -0.2) is 0 Å². The van der Waals surface area contributed by atoms with Crippen LogP contribution in [0.1, 0.15) is 20.8 Å². The number of piperazine rings is 1. The molecule has 0 spiro atoms. The molecule has 5 nitrogen and oxygen atoms in total. The van der Waals surface area contributed by atoms with Crippen molar-refractivity contribution in [1.29, 1.82) is 0 Å². The number of aromatic nitrogens is 1. The van der Waals surface area contributed by atoms with E-state index in [-0.39, 0.29) is 11.8 Å². The second-order valence-electron chi connectivity index (χ2n) is 6.62. The van der Waals surface area contributed by atoms with Crippen LogP contribution in [0.15, 0.2) is 54.7 Å². The Morgan fingerprint density at radius 2 is 1.43 bits per heavy atom. The second kappa shape index (κ2) is 7.78. The van der Waals surface area contributed by atoms with Crippen molar-refractivity contribution in [3.63, 3.8) is 0 Å². The minimum Gasteiger partial charge on any atom is -0.335 e. The van der Waals surface area contributed by atoms with Crippen molar-refractivity contribution in [2.24, 2.45) is 0 Å². The third-order valence-electron chi connectivity index (χ3n) is 4.84. The second-order valence-corrected chi connectivity index (χ2v) is 7.50. The SMILES string of the molecule is O=C(c1cc(Cl)cc(Cl)c1)N1CCN(C(=O)c2nccc3ccccc23)CC1. The third-order valence-corrected chi connectivity index (χ3v) is 5.28. The first-order valence-corrected chi connectivity index (χ1v) is 9.67. The van der Waals surface area contributed by atoms with Gasteiger partial charge in [-0.2, -0.15) is 0 Å². The van der Waals surface area contributed by atoms with Gasteiger partial charge in [0.2, 0.25) is 0 Å². The largest absolute Gasteiger partial charge is 0.335 e. The van der Waals surface area contributed by atoms with Crippen LogP contribution in [0.5, 0.6) is 0 Å². The van der Waals surface area contributed by atoms with E-state index in [0.29, 0.717) is 47.5 Å². The lowest BCUT2D eigenvalue weighted by Crippen LogP contribution is -2.50. The molecule has 7 heteroatoms. The van der Waals surface area contributed by atoms with Crippen LogP contribution in [0.2, 0.25) is 10.0 Å². The van der Waals surface area contributed by atoms with Gasteiger partial charge in [-0.05, 0) is 29.7 Å². The number of carbonyl (C=O) groups is 2. The van der Waals surface area contributed by atoms with Gasteiger partial charge < -0.3 is 9.80 Å². The highest BCUT2D eigenvalue weighted by Gasteiger charge is 2.27. The molecule has 0 N–H and O–H groups in total. The highest BCUT2D eigenvalue weighted by molar-refractivity contribution is 6.35. The van der Waals surface area contributed by atoms with Gasteiger partial charge in [0, 0.05) is 53.4 Å². The van der Waals surface area contributed by atoms with Crippen LogP contribution < -0.4 is 0 Å². The molecular formula is C21H17Cl2N3O2. The molecular weight excluding hydrogens is 397 g/mol. The summed E-state index contributed by atoms with van der Waals surface area (Å²) in [6, 6.07) is 14.4. The van der Waals surface area contributed by atoms with Crippen molar-refractivity contribution < 1.29 is 9.59 Å². The Kier molecular flexibility index (Phi) is 5.20. The van der Waals surface area contributed by atoms with Crippen LogP contribution >= 0.6 is 23.2 Å². The summed E-state index contributed by atoms with van der Waals surface area (Å²) in [7, 11) is 0. The molecule has 0 unspecified atom stereocenters. The van der Waals surface area contributed by atoms with Gasteiger partial charge >= 0.3 is 0 Å². The molecule has 0 saturated carbocycles. The molecule has 0 bridgehead atoms. The lowest BCUT2D eigenvalue weighted by Gasteiger charge is -2.34. The Morgan fingerprint density at radius 1 is 0.821 bits per heavy atom. The number of amides is 2. The molecule has 3 aromatic rings. The van der Waals surface area contributed by atoms with Crippen molar-refractivity contribution in [2.45, 2.75) is 0 Å². The van der Waals surface area contributed by atoms with Crippen molar-refractivity contribution in [3.05, 3.63) is 76.0 Å². The van der Waals surface area contributed by atoms with Gasteiger partial charge in [0.15, 0.2) is 0 Å². The Bertz CT molecular complexity index is 1040. The normalized spacial score (nSPS) is 14.4. The van der Waals surface area contributed by atoms with Gasteiger partial charge in [-0.1, -0.05) is 47.5 Å². The Morgan fingerprint density at radius 3 is 2.11 bits per heavy atom. The maximum atomic E-state index is 13.0. The lowest BCUT2D eigenvalue weighted by atomic mass is 10.1. The summed E-state index contributed by atoms with van der Waals surface area (Å²) in [6.07, 6.45) is 1.65. The summed E-state index contributed by atoms with van der Waals surface area (Å²) < 4.78 is 0. The molecule has 4 rings (SSSR count). The van der Waals surface area contributed by atoms with E-state index < -0.39 is 0 Å².